The highest BCUT2D eigenvalue weighted by Gasteiger charge is 2.35. The molecular formula is C14H19BrN2O4S. The summed E-state index contributed by atoms with van der Waals surface area (Å²) in [6, 6.07) is 4.29. The van der Waals surface area contributed by atoms with Gasteiger partial charge in [-0.25, -0.2) is 13.2 Å². The molecule has 0 saturated carbocycles. The zero-order valence-electron chi connectivity index (χ0n) is 12.7. The van der Waals surface area contributed by atoms with E-state index in [1.807, 2.05) is 13.8 Å². The number of piperazine rings is 1. The van der Waals surface area contributed by atoms with Crippen LogP contribution in [-0.4, -0.2) is 51.0 Å². The molecule has 22 heavy (non-hydrogen) atoms. The van der Waals surface area contributed by atoms with Gasteiger partial charge in [0.25, 0.3) is 0 Å². The molecule has 0 aromatic heterocycles. The van der Waals surface area contributed by atoms with Crippen LogP contribution in [0.25, 0.3) is 0 Å². The molecule has 0 spiro atoms. The summed E-state index contributed by atoms with van der Waals surface area (Å²) >= 11 is 3.25. The first kappa shape index (κ1) is 17.4. The molecule has 1 aliphatic rings. The van der Waals surface area contributed by atoms with Crippen molar-refractivity contribution in [1.29, 1.82) is 0 Å². The number of esters is 1. The maximum atomic E-state index is 12.9. The fraction of sp³-hybridized carbons (Fsp3) is 0.500. The van der Waals surface area contributed by atoms with Crippen LogP contribution >= 0.6 is 15.9 Å². The van der Waals surface area contributed by atoms with Crippen molar-refractivity contribution in [2.75, 3.05) is 20.2 Å². The minimum Gasteiger partial charge on any atom is -0.465 e. The number of hydrogen-bond acceptors (Lipinski definition) is 5. The maximum Gasteiger partial charge on any atom is 0.337 e. The first-order chi connectivity index (χ1) is 10.3. The van der Waals surface area contributed by atoms with Crippen LogP contribution in [0, 0.1) is 0 Å². The molecule has 1 heterocycles. The number of ether oxygens (including phenoxy) is 1. The Kier molecular flexibility index (Phi) is 5.26. The van der Waals surface area contributed by atoms with Gasteiger partial charge in [-0.05, 0) is 48.0 Å². The van der Waals surface area contributed by atoms with E-state index in [9.17, 15) is 13.2 Å². The molecule has 0 amide bonds. The minimum atomic E-state index is -3.63. The fourth-order valence-electron chi connectivity index (χ4n) is 2.45. The van der Waals surface area contributed by atoms with Gasteiger partial charge >= 0.3 is 5.97 Å². The summed E-state index contributed by atoms with van der Waals surface area (Å²) in [4.78, 5) is 11.7. The number of rotatable bonds is 3. The van der Waals surface area contributed by atoms with E-state index in [0.717, 1.165) is 0 Å². The molecule has 1 fully saturated rings. The molecule has 1 aliphatic heterocycles. The molecule has 2 rings (SSSR count). The highest BCUT2D eigenvalue weighted by molar-refractivity contribution is 9.10. The first-order valence-electron chi connectivity index (χ1n) is 6.92. The third-order valence-electron chi connectivity index (χ3n) is 3.92. The number of carbonyl (C=O) groups is 1. The minimum absolute atomic E-state index is 0.0802. The second-order valence-corrected chi connectivity index (χ2v) is 7.95. The van der Waals surface area contributed by atoms with Gasteiger partial charge in [0.2, 0.25) is 10.0 Å². The Morgan fingerprint density at radius 1 is 1.41 bits per heavy atom. The van der Waals surface area contributed by atoms with Gasteiger partial charge in [0, 0.05) is 29.6 Å². The zero-order valence-corrected chi connectivity index (χ0v) is 15.1. The summed E-state index contributed by atoms with van der Waals surface area (Å²) in [5, 5.41) is 3.25. The molecular weight excluding hydrogens is 372 g/mol. The molecule has 0 radical (unpaired) electrons. The predicted molar refractivity (Wildman–Crippen MR) is 86.3 cm³/mol. The fourth-order valence-corrected chi connectivity index (χ4v) is 5.19. The Labute approximate surface area is 139 Å². The molecule has 6 nitrogen and oxygen atoms in total. The summed E-state index contributed by atoms with van der Waals surface area (Å²) in [7, 11) is -2.35. The van der Waals surface area contributed by atoms with Crippen molar-refractivity contribution in [3.8, 4) is 0 Å². The number of halogens is 1. The van der Waals surface area contributed by atoms with Crippen molar-refractivity contribution in [1.82, 2.24) is 9.62 Å². The molecule has 0 bridgehead atoms. The number of methoxy groups -OCH3 is 1. The number of benzene rings is 1. The SMILES string of the molecule is COC(=O)c1ccc(S(=O)(=O)N2CCNC(C)C2C)c(Br)c1. The van der Waals surface area contributed by atoms with Crippen LogP contribution in [0.3, 0.4) is 0 Å². The third-order valence-corrected chi connectivity index (χ3v) is 6.88. The van der Waals surface area contributed by atoms with E-state index in [1.54, 1.807) is 0 Å². The van der Waals surface area contributed by atoms with Gasteiger partial charge in [0.05, 0.1) is 17.6 Å². The van der Waals surface area contributed by atoms with E-state index in [-0.39, 0.29) is 17.0 Å². The molecule has 2 unspecified atom stereocenters. The van der Waals surface area contributed by atoms with Gasteiger partial charge < -0.3 is 10.1 Å². The second kappa shape index (κ2) is 6.66. The predicted octanol–water partition coefficient (Wildman–Crippen LogP) is 1.61. The van der Waals surface area contributed by atoms with Crippen molar-refractivity contribution in [2.45, 2.75) is 30.8 Å². The Morgan fingerprint density at radius 2 is 2.09 bits per heavy atom. The lowest BCUT2D eigenvalue weighted by molar-refractivity contribution is 0.0600. The number of nitrogens with one attached hydrogen (secondary N) is 1. The summed E-state index contributed by atoms with van der Waals surface area (Å²) in [6.45, 7) is 4.87. The first-order valence-corrected chi connectivity index (χ1v) is 9.15. The average molecular weight is 391 g/mol. The van der Waals surface area contributed by atoms with Crippen molar-refractivity contribution in [3.63, 3.8) is 0 Å². The Bertz CT molecular complexity index is 677. The number of sulfonamides is 1. The Balaban J connectivity index is 2.39. The molecule has 2 atom stereocenters. The molecule has 1 saturated heterocycles. The van der Waals surface area contributed by atoms with Gasteiger partial charge in [-0.15, -0.1) is 0 Å². The third kappa shape index (κ3) is 3.19. The molecule has 0 aliphatic carbocycles. The Hall–Kier alpha value is -0.960. The lowest BCUT2D eigenvalue weighted by Gasteiger charge is -2.37. The lowest BCUT2D eigenvalue weighted by Crippen LogP contribution is -2.57. The van der Waals surface area contributed by atoms with E-state index < -0.39 is 16.0 Å². The smallest absolute Gasteiger partial charge is 0.337 e. The van der Waals surface area contributed by atoms with Crippen molar-refractivity contribution >= 4 is 31.9 Å². The van der Waals surface area contributed by atoms with Crippen LogP contribution in [0.15, 0.2) is 27.6 Å². The van der Waals surface area contributed by atoms with Crippen molar-refractivity contribution in [3.05, 3.63) is 28.2 Å². The second-order valence-electron chi connectivity index (χ2n) is 5.24. The standard InChI is InChI=1S/C14H19BrN2O4S/c1-9-10(2)17(7-6-16-9)22(19,20)13-5-4-11(8-12(13)15)14(18)21-3/h4-5,8-10,16H,6-7H2,1-3H3. The molecule has 8 heteroatoms. The monoisotopic (exact) mass is 390 g/mol. The summed E-state index contributed by atoms with van der Waals surface area (Å²) in [6.07, 6.45) is 0. The molecule has 122 valence electrons. The normalized spacial score (nSPS) is 23.3. The van der Waals surface area contributed by atoms with E-state index >= 15 is 0 Å². The van der Waals surface area contributed by atoms with Crippen LogP contribution in [0.2, 0.25) is 0 Å². The molecule has 1 N–H and O–H groups in total. The van der Waals surface area contributed by atoms with E-state index in [0.29, 0.717) is 23.1 Å². The summed E-state index contributed by atoms with van der Waals surface area (Å²) in [5.41, 5.74) is 0.301. The largest absolute Gasteiger partial charge is 0.465 e. The zero-order chi connectivity index (χ0) is 16.5. The highest BCUT2D eigenvalue weighted by atomic mass is 79.9. The van der Waals surface area contributed by atoms with Gasteiger partial charge in [0.1, 0.15) is 0 Å². The van der Waals surface area contributed by atoms with Crippen LogP contribution in [0.5, 0.6) is 0 Å². The summed E-state index contributed by atoms with van der Waals surface area (Å²) < 4.78 is 32.2. The van der Waals surface area contributed by atoms with E-state index in [2.05, 4.69) is 26.0 Å². The van der Waals surface area contributed by atoms with Gasteiger partial charge in [-0.3, -0.25) is 0 Å². The van der Waals surface area contributed by atoms with Crippen LogP contribution in [-0.2, 0) is 14.8 Å². The van der Waals surface area contributed by atoms with Crippen molar-refractivity contribution < 1.29 is 17.9 Å². The number of carbonyl (C=O) groups excluding carboxylic acids is 1. The topological polar surface area (TPSA) is 75.7 Å². The van der Waals surface area contributed by atoms with Gasteiger partial charge in [0.15, 0.2) is 0 Å². The highest BCUT2D eigenvalue weighted by Crippen LogP contribution is 2.28. The average Bonchev–Trinajstić information content (AvgIpc) is 2.48. The number of hydrogen-bond donors (Lipinski definition) is 1. The molecule has 1 aromatic carbocycles. The van der Waals surface area contributed by atoms with Gasteiger partial charge in [-0.2, -0.15) is 4.31 Å². The molecule has 1 aromatic rings. The van der Waals surface area contributed by atoms with E-state index in [4.69, 9.17) is 0 Å². The maximum absolute atomic E-state index is 12.9. The van der Waals surface area contributed by atoms with Gasteiger partial charge in [-0.1, -0.05) is 0 Å². The van der Waals surface area contributed by atoms with Crippen molar-refractivity contribution in [2.24, 2.45) is 0 Å². The lowest BCUT2D eigenvalue weighted by atomic mass is 10.1. The quantitative estimate of drug-likeness (QED) is 0.793. The van der Waals surface area contributed by atoms with Crippen LogP contribution < -0.4 is 5.32 Å². The summed E-state index contributed by atoms with van der Waals surface area (Å²) in [5.74, 6) is -0.506. The van der Waals surface area contributed by atoms with Crippen LogP contribution in [0.4, 0.5) is 0 Å². The van der Waals surface area contributed by atoms with E-state index in [1.165, 1.54) is 29.6 Å². The number of nitrogens with zero attached hydrogens (tertiary/aromatic N) is 1. The Morgan fingerprint density at radius 3 is 2.68 bits per heavy atom. The van der Waals surface area contributed by atoms with Crippen LogP contribution in [0.1, 0.15) is 24.2 Å².